The van der Waals surface area contributed by atoms with Crippen molar-refractivity contribution in [2.45, 2.75) is 26.3 Å². The molecule has 1 atom stereocenters. The normalized spacial score (nSPS) is 11.0. The van der Waals surface area contributed by atoms with Gasteiger partial charge in [0.25, 0.3) is 0 Å². The van der Waals surface area contributed by atoms with Gasteiger partial charge in [0.05, 0.1) is 5.69 Å². The summed E-state index contributed by atoms with van der Waals surface area (Å²) in [5.41, 5.74) is 7.86. The van der Waals surface area contributed by atoms with E-state index >= 15 is 0 Å². The Labute approximate surface area is 91.8 Å². The summed E-state index contributed by atoms with van der Waals surface area (Å²) in [5, 5.41) is 0. The van der Waals surface area contributed by atoms with Crippen molar-refractivity contribution in [1.29, 1.82) is 0 Å². The molecule has 0 fully saturated rings. The molecule has 1 unspecified atom stereocenters. The lowest BCUT2D eigenvalue weighted by Gasteiger charge is -2.03. The first-order valence-corrected chi connectivity index (χ1v) is 3.94. The Bertz CT molecular complexity index is 222. The lowest BCUT2D eigenvalue weighted by atomic mass is 10.2. The van der Waals surface area contributed by atoms with Crippen molar-refractivity contribution in [2.75, 3.05) is 0 Å². The summed E-state index contributed by atoms with van der Waals surface area (Å²) in [7, 11) is 0. The van der Waals surface area contributed by atoms with E-state index in [1.807, 2.05) is 19.2 Å². The largest absolute Gasteiger partial charge is 0.323 e. The third-order valence-electron chi connectivity index (χ3n) is 1.72. The van der Waals surface area contributed by atoms with Crippen LogP contribution in [0.3, 0.4) is 0 Å². The molecule has 0 saturated carbocycles. The molecule has 0 spiro atoms. The molecule has 76 valence electrons. The predicted molar refractivity (Wildman–Crippen MR) is 60.7 cm³/mol. The number of nitrogens with zero attached hydrogens (tertiary/aromatic N) is 1. The topological polar surface area (TPSA) is 38.9 Å². The van der Waals surface area contributed by atoms with Crippen molar-refractivity contribution in [3.05, 3.63) is 29.6 Å². The van der Waals surface area contributed by atoms with Crippen molar-refractivity contribution in [1.82, 2.24) is 4.98 Å². The van der Waals surface area contributed by atoms with Gasteiger partial charge in [0.15, 0.2) is 0 Å². The second-order valence-electron chi connectivity index (χ2n) is 2.73. The summed E-state index contributed by atoms with van der Waals surface area (Å²) >= 11 is 0. The van der Waals surface area contributed by atoms with Gasteiger partial charge in [-0.2, -0.15) is 0 Å². The zero-order valence-corrected chi connectivity index (χ0v) is 9.49. The van der Waals surface area contributed by atoms with Crippen LogP contribution in [-0.4, -0.2) is 4.98 Å². The minimum atomic E-state index is 0. The third-order valence-corrected chi connectivity index (χ3v) is 1.72. The first-order valence-electron chi connectivity index (χ1n) is 3.94. The molecule has 1 aromatic heterocycles. The Morgan fingerprint density at radius 2 is 2.00 bits per heavy atom. The van der Waals surface area contributed by atoms with Gasteiger partial charge in [0, 0.05) is 12.2 Å². The summed E-state index contributed by atoms with van der Waals surface area (Å²) in [6.45, 7) is 4.05. The number of hydrogen-bond donors (Lipinski definition) is 1. The Morgan fingerprint density at radius 3 is 2.31 bits per heavy atom. The molecule has 1 heterocycles. The molecular formula is C9H16Cl2N2. The Hall–Kier alpha value is -0.310. The number of aryl methyl sites for hydroxylation is 1. The lowest BCUT2D eigenvalue weighted by molar-refractivity contribution is 0.778. The average molecular weight is 223 g/mol. The van der Waals surface area contributed by atoms with Crippen LogP contribution in [0.2, 0.25) is 0 Å². The van der Waals surface area contributed by atoms with Gasteiger partial charge in [-0.1, -0.05) is 13.0 Å². The minimum absolute atomic E-state index is 0. The highest BCUT2D eigenvalue weighted by Crippen LogP contribution is 2.06. The highest BCUT2D eigenvalue weighted by Gasteiger charge is 1.98. The van der Waals surface area contributed by atoms with Gasteiger partial charge in [-0.3, -0.25) is 4.98 Å². The number of hydrogen-bond acceptors (Lipinski definition) is 2. The second kappa shape index (κ2) is 7.13. The number of pyridine rings is 1. The van der Waals surface area contributed by atoms with Crippen LogP contribution in [0.4, 0.5) is 0 Å². The van der Waals surface area contributed by atoms with Gasteiger partial charge < -0.3 is 5.73 Å². The van der Waals surface area contributed by atoms with Gasteiger partial charge in [-0.15, -0.1) is 24.8 Å². The van der Waals surface area contributed by atoms with Crippen LogP contribution in [0.1, 0.15) is 31.1 Å². The second-order valence-corrected chi connectivity index (χ2v) is 2.73. The minimum Gasteiger partial charge on any atom is -0.323 e. The molecule has 1 aromatic rings. The van der Waals surface area contributed by atoms with Crippen LogP contribution in [0.5, 0.6) is 0 Å². The molecule has 0 aliphatic rings. The highest BCUT2D eigenvalue weighted by atomic mass is 35.5. The van der Waals surface area contributed by atoms with Gasteiger partial charge in [0.2, 0.25) is 0 Å². The lowest BCUT2D eigenvalue weighted by Crippen LogP contribution is -2.06. The maximum Gasteiger partial charge on any atom is 0.0568 e. The van der Waals surface area contributed by atoms with E-state index in [2.05, 4.69) is 18.0 Å². The standard InChI is InChI=1S/C9H14N2.2ClH/c1-3-8-4-5-9(7(2)10)11-6-8;;/h4-7H,3,10H2,1-2H3;2*1H. The van der Waals surface area contributed by atoms with E-state index < -0.39 is 0 Å². The smallest absolute Gasteiger partial charge is 0.0568 e. The molecule has 0 radical (unpaired) electrons. The van der Waals surface area contributed by atoms with E-state index in [1.54, 1.807) is 0 Å². The van der Waals surface area contributed by atoms with Crippen LogP contribution in [0.15, 0.2) is 18.3 Å². The molecule has 0 saturated heterocycles. The Balaban J connectivity index is 0. The van der Waals surface area contributed by atoms with E-state index in [1.165, 1.54) is 5.56 Å². The van der Waals surface area contributed by atoms with Crippen molar-refractivity contribution in [2.24, 2.45) is 5.73 Å². The zero-order chi connectivity index (χ0) is 8.27. The van der Waals surface area contributed by atoms with E-state index in [-0.39, 0.29) is 30.9 Å². The summed E-state index contributed by atoms with van der Waals surface area (Å²) in [6.07, 6.45) is 2.92. The number of nitrogens with two attached hydrogens (primary N) is 1. The average Bonchev–Trinajstić information content (AvgIpc) is 2.05. The molecule has 2 N–H and O–H groups in total. The van der Waals surface area contributed by atoms with E-state index in [0.29, 0.717) is 0 Å². The molecule has 0 aliphatic heterocycles. The van der Waals surface area contributed by atoms with Crippen molar-refractivity contribution in [3.63, 3.8) is 0 Å². The van der Waals surface area contributed by atoms with E-state index in [9.17, 15) is 0 Å². The fourth-order valence-corrected chi connectivity index (χ4v) is 0.914. The molecule has 2 nitrogen and oxygen atoms in total. The third kappa shape index (κ3) is 4.46. The fraction of sp³-hybridized carbons (Fsp3) is 0.444. The number of halogens is 2. The molecule has 0 aromatic carbocycles. The van der Waals surface area contributed by atoms with Crippen LogP contribution in [-0.2, 0) is 6.42 Å². The van der Waals surface area contributed by atoms with Crippen LogP contribution < -0.4 is 5.73 Å². The van der Waals surface area contributed by atoms with Gasteiger partial charge in [-0.05, 0) is 25.0 Å². The maximum atomic E-state index is 5.64. The quantitative estimate of drug-likeness (QED) is 0.836. The van der Waals surface area contributed by atoms with Gasteiger partial charge in [0.1, 0.15) is 0 Å². The molecule has 1 rings (SSSR count). The molecule has 4 heteroatoms. The zero-order valence-electron chi connectivity index (χ0n) is 7.86. The summed E-state index contributed by atoms with van der Waals surface area (Å²) in [5.74, 6) is 0. The fourth-order valence-electron chi connectivity index (χ4n) is 0.914. The molecular weight excluding hydrogens is 207 g/mol. The Morgan fingerprint density at radius 1 is 1.38 bits per heavy atom. The van der Waals surface area contributed by atoms with Gasteiger partial charge in [-0.25, -0.2) is 0 Å². The number of rotatable bonds is 2. The first-order chi connectivity index (χ1) is 5.24. The van der Waals surface area contributed by atoms with Crippen LogP contribution in [0.25, 0.3) is 0 Å². The molecule has 0 aliphatic carbocycles. The maximum absolute atomic E-state index is 5.64. The van der Waals surface area contributed by atoms with Crippen LogP contribution >= 0.6 is 24.8 Å². The SMILES string of the molecule is CCc1ccc(C(C)N)nc1.Cl.Cl. The number of aromatic nitrogens is 1. The van der Waals surface area contributed by atoms with E-state index in [4.69, 9.17) is 5.73 Å². The van der Waals surface area contributed by atoms with Gasteiger partial charge >= 0.3 is 0 Å². The summed E-state index contributed by atoms with van der Waals surface area (Å²) in [6, 6.07) is 4.11. The summed E-state index contributed by atoms with van der Waals surface area (Å²) < 4.78 is 0. The van der Waals surface area contributed by atoms with Crippen molar-refractivity contribution in [3.8, 4) is 0 Å². The van der Waals surface area contributed by atoms with Crippen LogP contribution in [0, 0.1) is 0 Å². The summed E-state index contributed by atoms with van der Waals surface area (Å²) in [4.78, 5) is 4.22. The van der Waals surface area contributed by atoms with Crippen molar-refractivity contribution < 1.29 is 0 Å². The monoisotopic (exact) mass is 222 g/mol. The highest BCUT2D eigenvalue weighted by molar-refractivity contribution is 5.85. The first kappa shape index (κ1) is 15.2. The molecule has 0 amide bonds. The molecule has 13 heavy (non-hydrogen) atoms. The Kier molecular flexibility index (Phi) is 8.32. The van der Waals surface area contributed by atoms with Crippen molar-refractivity contribution >= 4 is 24.8 Å². The molecule has 0 bridgehead atoms. The van der Waals surface area contributed by atoms with E-state index in [0.717, 1.165) is 12.1 Å². The predicted octanol–water partition coefficient (Wildman–Crippen LogP) is 2.51.